The van der Waals surface area contributed by atoms with Crippen molar-refractivity contribution in [1.29, 1.82) is 0 Å². The highest BCUT2D eigenvalue weighted by Crippen LogP contribution is 2.35. The predicted molar refractivity (Wildman–Crippen MR) is 86.4 cm³/mol. The molecular formula is C15H22N4S. The van der Waals surface area contributed by atoms with Crippen LogP contribution in [0.5, 0.6) is 0 Å². The van der Waals surface area contributed by atoms with Crippen LogP contribution in [0.15, 0.2) is 6.07 Å². The molecule has 3 rings (SSSR count). The van der Waals surface area contributed by atoms with Crippen molar-refractivity contribution >= 4 is 33.3 Å². The molecule has 0 spiro atoms. The molecule has 0 radical (unpaired) electrons. The van der Waals surface area contributed by atoms with E-state index < -0.39 is 0 Å². The summed E-state index contributed by atoms with van der Waals surface area (Å²) in [4.78, 5) is 13.7. The molecule has 0 aliphatic carbocycles. The summed E-state index contributed by atoms with van der Waals surface area (Å²) in [5.41, 5.74) is 5.92. The molecule has 0 saturated carbocycles. The highest BCUT2D eigenvalue weighted by Gasteiger charge is 2.27. The molecule has 20 heavy (non-hydrogen) atoms. The number of fused-ring (bicyclic) bond motifs is 1. The van der Waals surface area contributed by atoms with E-state index in [-0.39, 0.29) is 0 Å². The van der Waals surface area contributed by atoms with E-state index in [1.165, 1.54) is 23.1 Å². The van der Waals surface area contributed by atoms with Crippen LogP contribution in [0, 0.1) is 5.92 Å². The first-order valence-corrected chi connectivity index (χ1v) is 8.24. The zero-order valence-corrected chi connectivity index (χ0v) is 13.2. The van der Waals surface area contributed by atoms with Crippen LogP contribution in [0.3, 0.4) is 0 Å². The largest absolute Gasteiger partial charge is 0.368 e. The van der Waals surface area contributed by atoms with E-state index in [2.05, 4.69) is 41.7 Å². The van der Waals surface area contributed by atoms with Crippen molar-refractivity contribution in [2.45, 2.75) is 46.1 Å². The van der Waals surface area contributed by atoms with Crippen molar-refractivity contribution in [1.82, 2.24) is 9.97 Å². The molecule has 2 aromatic heterocycles. The second kappa shape index (κ2) is 5.20. The number of hydrogen-bond donors (Lipinski definition) is 1. The number of hydrogen-bond acceptors (Lipinski definition) is 5. The Balaban J connectivity index is 2.11. The molecule has 1 saturated heterocycles. The van der Waals surface area contributed by atoms with E-state index in [4.69, 9.17) is 5.73 Å². The average molecular weight is 290 g/mol. The Labute approximate surface area is 124 Å². The fraction of sp³-hybridized carbons (Fsp3) is 0.600. The van der Waals surface area contributed by atoms with E-state index in [1.807, 2.05) is 0 Å². The van der Waals surface area contributed by atoms with Crippen molar-refractivity contribution < 1.29 is 0 Å². The van der Waals surface area contributed by atoms with Gasteiger partial charge in [-0.15, -0.1) is 11.3 Å². The molecule has 2 aromatic rings. The number of aryl methyl sites for hydroxylation is 1. The van der Waals surface area contributed by atoms with Gasteiger partial charge in [-0.2, -0.15) is 4.98 Å². The van der Waals surface area contributed by atoms with Crippen LogP contribution in [-0.2, 0) is 6.42 Å². The molecule has 4 nitrogen and oxygen atoms in total. The molecule has 3 heterocycles. The van der Waals surface area contributed by atoms with E-state index in [9.17, 15) is 0 Å². The number of piperidine rings is 1. The number of thiophene rings is 1. The lowest BCUT2D eigenvalue weighted by Crippen LogP contribution is -2.43. The minimum atomic E-state index is 0.391. The number of nitrogens with two attached hydrogens (primary N) is 1. The summed E-state index contributed by atoms with van der Waals surface area (Å²) >= 11 is 1.73. The summed E-state index contributed by atoms with van der Waals surface area (Å²) in [7, 11) is 0. The van der Waals surface area contributed by atoms with Gasteiger partial charge in [-0.05, 0) is 38.2 Å². The fourth-order valence-corrected chi connectivity index (χ4v) is 3.97. The van der Waals surface area contributed by atoms with Gasteiger partial charge in [0.1, 0.15) is 10.6 Å². The van der Waals surface area contributed by atoms with Crippen molar-refractivity contribution in [3.63, 3.8) is 0 Å². The van der Waals surface area contributed by atoms with Crippen LogP contribution in [0.1, 0.15) is 38.5 Å². The van der Waals surface area contributed by atoms with Crippen molar-refractivity contribution in [3.8, 4) is 0 Å². The van der Waals surface area contributed by atoms with Crippen LogP contribution < -0.4 is 10.6 Å². The van der Waals surface area contributed by atoms with Gasteiger partial charge in [0.15, 0.2) is 0 Å². The Kier molecular flexibility index (Phi) is 3.54. The highest BCUT2D eigenvalue weighted by atomic mass is 32.1. The lowest BCUT2D eigenvalue weighted by Gasteiger charge is -2.39. The van der Waals surface area contributed by atoms with Crippen molar-refractivity contribution in [3.05, 3.63) is 10.9 Å². The molecular weight excluding hydrogens is 268 g/mol. The third-order valence-corrected chi connectivity index (χ3v) is 5.61. The molecule has 0 amide bonds. The predicted octanol–water partition coefficient (Wildman–Crippen LogP) is 3.46. The third-order valence-electron chi connectivity index (χ3n) is 4.44. The summed E-state index contributed by atoms with van der Waals surface area (Å²) in [6.45, 7) is 7.85. The van der Waals surface area contributed by atoms with Crippen LogP contribution in [-0.4, -0.2) is 22.6 Å². The molecule has 2 unspecified atom stereocenters. The van der Waals surface area contributed by atoms with Gasteiger partial charge >= 0.3 is 0 Å². The Morgan fingerprint density at radius 1 is 1.40 bits per heavy atom. The summed E-state index contributed by atoms with van der Waals surface area (Å²) < 4.78 is 0. The average Bonchev–Trinajstić information content (AvgIpc) is 2.84. The maximum absolute atomic E-state index is 5.92. The second-order valence-electron chi connectivity index (χ2n) is 5.74. The van der Waals surface area contributed by atoms with Crippen LogP contribution in [0.2, 0.25) is 0 Å². The van der Waals surface area contributed by atoms with Crippen molar-refractivity contribution in [2.75, 3.05) is 17.2 Å². The number of rotatable bonds is 2. The fourth-order valence-electron chi connectivity index (χ4n) is 3.00. The molecule has 1 fully saturated rings. The monoisotopic (exact) mass is 290 g/mol. The van der Waals surface area contributed by atoms with Gasteiger partial charge in [-0.3, -0.25) is 0 Å². The molecule has 5 heteroatoms. The van der Waals surface area contributed by atoms with E-state index in [1.54, 1.807) is 11.3 Å². The lowest BCUT2D eigenvalue weighted by molar-refractivity contribution is 0.362. The van der Waals surface area contributed by atoms with Gasteiger partial charge < -0.3 is 10.6 Å². The van der Waals surface area contributed by atoms with Crippen LogP contribution >= 0.6 is 11.3 Å². The number of nitrogen functional groups attached to an aromatic ring is 1. The molecule has 1 aliphatic rings. The Bertz CT molecular complexity index is 622. The normalized spacial score (nSPS) is 23.4. The Morgan fingerprint density at radius 3 is 2.95 bits per heavy atom. The first-order valence-electron chi connectivity index (χ1n) is 7.42. The summed E-state index contributed by atoms with van der Waals surface area (Å²) in [5, 5.41) is 1.17. The van der Waals surface area contributed by atoms with Crippen molar-refractivity contribution in [2.24, 2.45) is 5.92 Å². The summed E-state index contributed by atoms with van der Waals surface area (Å²) in [6, 6.07) is 2.74. The third kappa shape index (κ3) is 2.24. The standard InChI is InChI=1S/C15H22N4S/c1-4-11-8-12-13(17-15(16)18-14(12)20-11)19-7-5-6-9(2)10(19)3/h8-10H,4-7H2,1-3H3,(H2,16,17,18). The Morgan fingerprint density at radius 2 is 2.20 bits per heavy atom. The van der Waals surface area contributed by atoms with Gasteiger partial charge in [0, 0.05) is 17.5 Å². The van der Waals surface area contributed by atoms with Gasteiger partial charge in [0.25, 0.3) is 0 Å². The first-order chi connectivity index (χ1) is 9.60. The maximum Gasteiger partial charge on any atom is 0.223 e. The molecule has 0 aromatic carbocycles. The minimum Gasteiger partial charge on any atom is -0.368 e. The molecule has 2 atom stereocenters. The zero-order valence-electron chi connectivity index (χ0n) is 12.4. The summed E-state index contributed by atoms with van der Waals surface area (Å²) in [5.74, 6) is 2.12. The van der Waals surface area contributed by atoms with Gasteiger partial charge in [0.2, 0.25) is 5.95 Å². The minimum absolute atomic E-state index is 0.391. The van der Waals surface area contributed by atoms with Crippen LogP contribution in [0.4, 0.5) is 11.8 Å². The van der Waals surface area contributed by atoms with E-state index in [0.717, 1.165) is 23.6 Å². The quantitative estimate of drug-likeness (QED) is 0.920. The smallest absolute Gasteiger partial charge is 0.223 e. The van der Waals surface area contributed by atoms with E-state index >= 15 is 0 Å². The summed E-state index contributed by atoms with van der Waals surface area (Å²) in [6.07, 6.45) is 3.55. The van der Waals surface area contributed by atoms with Crippen LogP contribution in [0.25, 0.3) is 10.2 Å². The Hall–Kier alpha value is -1.36. The maximum atomic E-state index is 5.92. The lowest BCUT2D eigenvalue weighted by atomic mass is 9.92. The van der Waals surface area contributed by atoms with E-state index in [0.29, 0.717) is 17.9 Å². The topological polar surface area (TPSA) is 55.0 Å². The highest BCUT2D eigenvalue weighted by molar-refractivity contribution is 7.18. The molecule has 108 valence electrons. The zero-order chi connectivity index (χ0) is 14.3. The van der Waals surface area contributed by atoms with Gasteiger partial charge in [0.05, 0.1) is 5.39 Å². The number of aromatic nitrogens is 2. The molecule has 0 bridgehead atoms. The molecule has 1 aliphatic heterocycles. The van der Waals surface area contributed by atoms with Gasteiger partial charge in [-0.1, -0.05) is 13.8 Å². The first kappa shape index (κ1) is 13.6. The number of anilines is 2. The van der Waals surface area contributed by atoms with Gasteiger partial charge in [-0.25, -0.2) is 4.98 Å². The SMILES string of the molecule is CCc1cc2c(N3CCCC(C)C3C)nc(N)nc2s1. The number of nitrogens with zero attached hydrogens (tertiary/aromatic N) is 3. The second-order valence-corrected chi connectivity index (χ2v) is 6.86. The molecule has 2 N–H and O–H groups in total.